The third kappa shape index (κ3) is 5.13. The molecule has 0 spiro atoms. The molecular weight excluding hydrogens is 156 g/mol. The Labute approximate surface area is 83.4 Å². The van der Waals surface area contributed by atoms with Crippen molar-refractivity contribution in [3.8, 4) is 0 Å². The average Bonchev–Trinajstić information content (AvgIpc) is 2.19. The van der Waals surface area contributed by atoms with Crippen molar-refractivity contribution in [2.75, 3.05) is 0 Å². The highest BCUT2D eigenvalue weighted by atomic mass is 14.1. The highest BCUT2D eigenvalue weighted by molar-refractivity contribution is 4.89. The van der Waals surface area contributed by atoms with E-state index in [1.165, 1.54) is 57.8 Å². The molecular formula is C13H24. The van der Waals surface area contributed by atoms with Crippen molar-refractivity contribution >= 4 is 0 Å². The molecule has 0 heteroatoms. The lowest BCUT2D eigenvalue weighted by atomic mass is 9.89. The summed E-state index contributed by atoms with van der Waals surface area (Å²) in [7, 11) is 0. The molecule has 0 amide bonds. The highest BCUT2D eigenvalue weighted by Crippen LogP contribution is 2.23. The van der Waals surface area contributed by atoms with Gasteiger partial charge in [0.15, 0.2) is 0 Å². The molecule has 13 heavy (non-hydrogen) atoms. The molecule has 1 unspecified atom stereocenters. The zero-order valence-electron chi connectivity index (χ0n) is 9.10. The van der Waals surface area contributed by atoms with Crippen molar-refractivity contribution in [2.24, 2.45) is 5.92 Å². The summed E-state index contributed by atoms with van der Waals surface area (Å²) in [4.78, 5) is 0. The second-order valence-electron chi connectivity index (χ2n) is 4.35. The van der Waals surface area contributed by atoms with Crippen LogP contribution in [0, 0.1) is 5.92 Å². The topological polar surface area (TPSA) is 0 Å². The third-order valence-electron chi connectivity index (χ3n) is 3.09. The fourth-order valence-corrected chi connectivity index (χ4v) is 2.16. The number of allylic oxidation sites excluding steroid dienone is 2. The molecule has 0 aromatic carbocycles. The molecule has 0 saturated heterocycles. The van der Waals surface area contributed by atoms with Crippen LogP contribution in [0.5, 0.6) is 0 Å². The standard InChI is InChI=1S/C13H24/c1-2-3-4-5-7-10-13-11-8-6-9-12-13/h6,8,13H,2-5,7,9-12H2,1H3. The van der Waals surface area contributed by atoms with Gasteiger partial charge in [-0.1, -0.05) is 57.6 Å². The van der Waals surface area contributed by atoms with E-state index in [-0.39, 0.29) is 0 Å². The third-order valence-corrected chi connectivity index (χ3v) is 3.09. The summed E-state index contributed by atoms with van der Waals surface area (Å²) in [5, 5.41) is 0. The van der Waals surface area contributed by atoms with Gasteiger partial charge in [-0.25, -0.2) is 0 Å². The summed E-state index contributed by atoms with van der Waals surface area (Å²) in [6.07, 6.45) is 17.5. The van der Waals surface area contributed by atoms with E-state index >= 15 is 0 Å². The van der Waals surface area contributed by atoms with Gasteiger partial charge in [0.1, 0.15) is 0 Å². The Kier molecular flexibility index (Phi) is 5.97. The maximum Gasteiger partial charge on any atom is -0.0322 e. The van der Waals surface area contributed by atoms with E-state index in [1.54, 1.807) is 0 Å². The first kappa shape index (κ1) is 10.8. The van der Waals surface area contributed by atoms with Crippen LogP contribution in [0.1, 0.15) is 64.7 Å². The van der Waals surface area contributed by atoms with Gasteiger partial charge in [-0.05, 0) is 25.2 Å². The van der Waals surface area contributed by atoms with Gasteiger partial charge in [-0.2, -0.15) is 0 Å². The molecule has 1 aliphatic carbocycles. The second kappa shape index (κ2) is 7.17. The zero-order chi connectivity index (χ0) is 9.36. The first-order valence-electron chi connectivity index (χ1n) is 6.08. The molecule has 0 aromatic rings. The molecule has 76 valence electrons. The molecule has 0 fully saturated rings. The molecule has 0 N–H and O–H groups in total. The smallest absolute Gasteiger partial charge is 0.0322 e. The summed E-state index contributed by atoms with van der Waals surface area (Å²) in [5.41, 5.74) is 0. The minimum Gasteiger partial charge on any atom is -0.0885 e. The lowest BCUT2D eigenvalue weighted by molar-refractivity contribution is 0.420. The molecule has 0 aromatic heterocycles. The Balaban J connectivity index is 1.90. The van der Waals surface area contributed by atoms with Gasteiger partial charge in [-0.15, -0.1) is 0 Å². The van der Waals surface area contributed by atoms with Gasteiger partial charge >= 0.3 is 0 Å². The maximum absolute atomic E-state index is 2.38. The maximum atomic E-state index is 2.38. The highest BCUT2D eigenvalue weighted by Gasteiger charge is 2.08. The predicted octanol–water partition coefficient (Wildman–Crippen LogP) is 4.70. The molecule has 0 bridgehead atoms. The molecule has 0 saturated carbocycles. The predicted molar refractivity (Wildman–Crippen MR) is 59.9 cm³/mol. The van der Waals surface area contributed by atoms with Crippen molar-refractivity contribution in [1.29, 1.82) is 0 Å². The van der Waals surface area contributed by atoms with E-state index in [9.17, 15) is 0 Å². The van der Waals surface area contributed by atoms with Crippen molar-refractivity contribution in [2.45, 2.75) is 64.7 Å². The molecule has 0 aliphatic heterocycles. The molecule has 0 radical (unpaired) electrons. The molecule has 0 heterocycles. The van der Waals surface area contributed by atoms with Crippen LogP contribution in [0.4, 0.5) is 0 Å². The molecule has 1 atom stereocenters. The first-order chi connectivity index (χ1) is 6.43. The minimum atomic E-state index is 1.02. The Bertz CT molecular complexity index is 135. The van der Waals surface area contributed by atoms with Crippen LogP contribution in [0.2, 0.25) is 0 Å². The fraction of sp³-hybridized carbons (Fsp3) is 0.846. The van der Waals surface area contributed by atoms with E-state index in [0.29, 0.717) is 0 Å². The van der Waals surface area contributed by atoms with Gasteiger partial charge in [0, 0.05) is 0 Å². The van der Waals surface area contributed by atoms with Crippen molar-refractivity contribution < 1.29 is 0 Å². The van der Waals surface area contributed by atoms with Crippen LogP contribution in [-0.4, -0.2) is 0 Å². The SMILES string of the molecule is CCCCCCCC1CC=CCC1. The van der Waals surface area contributed by atoms with Gasteiger partial charge in [0.2, 0.25) is 0 Å². The van der Waals surface area contributed by atoms with Crippen molar-refractivity contribution in [3.05, 3.63) is 12.2 Å². The zero-order valence-corrected chi connectivity index (χ0v) is 9.10. The summed E-state index contributed by atoms with van der Waals surface area (Å²) in [6.45, 7) is 2.28. The Hall–Kier alpha value is -0.260. The summed E-state index contributed by atoms with van der Waals surface area (Å²) >= 11 is 0. The van der Waals surface area contributed by atoms with Gasteiger partial charge < -0.3 is 0 Å². The van der Waals surface area contributed by atoms with E-state index in [0.717, 1.165) is 5.92 Å². The van der Waals surface area contributed by atoms with E-state index in [4.69, 9.17) is 0 Å². The monoisotopic (exact) mass is 180 g/mol. The summed E-state index contributed by atoms with van der Waals surface area (Å²) in [6, 6.07) is 0. The summed E-state index contributed by atoms with van der Waals surface area (Å²) in [5.74, 6) is 1.02. The van der Waals surface area contributed by atoms with Gasteiger partial charge in [0.05, 0.1) is 0 Å². The largest absolute Gasteiger partial charge is 0.0885 e. The quantitative estimate of drug-likeness (QED) is 0.410. The molecule has 0 nitrogen and oxygen atoms in total. The normalized spacial score (nSPS) is 22.1. The minimum absolute atomic E-state index is 1.02. The number of hydrogen-bond donors (Lipinski definition) is 0. The Morgan fingerprint density at radius 3 is 2.62 bits per heavy atom. The lowest BCUT2D eigenvalue weighted by Gasteiger charge is -2.16. The van der Waals surface area contributed by atoms with Crippen LogP contribution in [0.25, 0.3) is 0 Å². The molecule has 1 rings (SSSR count). The van der Waals surface area contributed by atoms with Crippen molar-refractivity contribution in [1.82, 2.24) is 0 Å². The first-order valence-corrected chi connectivity index (χ1v) is 6.08. The molecule has 1 aliphatic rings. The van der Waals surface area contributed by atoms with Crippen LogP contribution in [-0.2, 0) is 0 Å². The second-order valence-corrected chi connectivity index (χ2v) is 4.35. The fourth-order valence-electron chi connectivity index (χ4n) is 2.16. The van der Waals surface area contributed by atoms with Crippen LogP contribution < -0.4 is 0 Å². The van der Waals surface area contributed by atoms with Crippen LogP contribution >= 0.6 is 0 Å². The number of unbranched alkanes of at least 4 members (excludes halogenated alkanes) is 4. The van der Waals surface area contributed by atoms with Crippen molar-refractivity contribution in [3.63, 3.8) is 0 Å². The van der Waals surface area contributed by atoms with E-state index < -0.39 is 0 Å². The van der Waals surface area contributed by atoms with Gasteiger partial charge in [-0.3, -0.25) is 0 Å². The lowest BCUT2D eigenvalue weighted by Crippen LogP contribution is -2.01. The summed E-state index contributed by atoms with van der Waals surface area (Å²) < 4.78 is 0. The van der Waals surface area contributed by atoms with Crippen LogP contribution in [0.15, 0.2) is 12.2 Å². The van der Waals surface area contributed by atoms with E-state index in [1.807, 2.05) is 0 Å². The number of rotatable bonds is 6. The number of hydrogen-bond acceptors (Lipinski definition) is 0. The van der Waals surface area contributed by atoms with Crippen LogP contribution in [0.3, 0.4) is 0 Å². The van der Waals surface area contributed by atoms with Gasteiger partial charge in [0.25, 0.3) is 0 Å². The van der Waals surface area contributed by atoms with E-state index in [2.05, 4.69) is 19.1 Å². The Morgan fingerprint density at radius 1 is 1.08 bits per heavy atom. The average molecular weight is 180 g/mol. The Morgan fingerprint density at radius 2 is 1.92 bits per heavy atom.